The van der Waals surface area contributed by atoms with Crippen molar-refractivity contribution in [3.8, 4) is 0 Å². The van der Waals surface area contributed by atoms with E-state index in [4.69, 9.17) is 10.6 Å². The Labute approximate surface area is 84.5 Å². The van der Waals surface area contributed by atoms with E-state index in [0.717, 1.165) is 19.6 Å². The zero-order chi connectivity index (χ0) is 10.8. The minimum atomic E-state index is -0.408. The number of rotatable bonds is 2. The minimum Gasteiger partial charge on any atom is -0.444 e. The number of hydrazine groups is 1. The Balaban J connectivity index is 2.23. The largest absolute Gasteiger partial charge is 0.444 e. The maximum Gasteiger partial charge on any atom is 0.410 e. The van der Waals surface area contributed by atoms with E-state index in [9.17, 15) is 4.79 Å². The highest BCUT2D eigenvalue weighted by Gasteiger charge is 2.32. The first-order valence-corrected chi connectivity index (χ1v) is 4.84. The summed E-state index contributed by atoms with van der Waals surface area (Å²) in [4.78, 5) is 13.1. The standard InChI is InChI=1S/C9H19N3O2/c1-9(2,3)14-8(13)12-5-7(6-12)4-11-10/h7,11H,4-6,10H2,1-3H3. The average Bonchev–Trinajstić information content (AvgIpc) is 1.91. The van der Waals surface area contributed by atoms with Crippen LogP contribution >= 0.6 is 0 Å². The molecule has 1 saturated heterocycles. The monoisotopic (exact) mass is 201 g/mol. The van der Waals surface area contributed by atoms with Gasteiger partial charge in [-0.2, -0.15) is 0 Å². The van der Waals surface area contributed by atoms with Gasteiger partial charge in [0.1, 0.15) is 5.60 Å². The second-order valence-corrected chi connectivity index (χ2v) is 4.66. The van der Waals surface area contributed by atoms with E-state index < -0.39 is 5.60 Å². The number of ether oxygens (including phenoxy) is 1. The molecule has 82 valence electrons. The molecule has 0 aliphatic carbocycles. The van der Waals surface area contributed by atoms with Crippen LogP contribution in [-0.2, 0) is 4.74 Å². The number of amides is 1. The maximum absolute atomic E-state index is 11.4. The lowest BCUT2D eigenvalue weighted by molar-refractivity contribution is -0.000746. The van der Waals surface area contributed by atoms with Gasteiger partial charge in [0.2, 0.25) is 0 Å². The third kappa shape index (κ3) is 3.16. The Kier molecular flexibility index (Phi) is 3.34. The third-order valence-corrected chi connectivity index (χ3v) is 2.02. The number of nitrogens with zero attached hydrogens (tertiary/aromatic N) is 1. The molecular formula is C9H19N3O2. The number of nitrogens with one attached hydrogen (secondary N) is 1. The average molecular weight is 201 g/mol. The molecule has 1 amide bonds. The molecule has 0 radical (unpaired) electrons. The van der Waals surface area contributed by atoms with Crippen LogP contribution in [0.1, 0.15) is 20.8 Å². The van der Waals surface area contributed by atoms with E-state index in [0.29, 0.717) is 5.92 Å². The summed E-state index contributed by atoms with van der Waals surface area (Å²) in [7, 11) is 0. The smallest absolute Gasteiger partial charge is 0.410 e. The van der Waals surface area contributed by atoms with Gasteiger partial charge in [0, 0.05) is 25.6 Å². The van der Waals surface area contributed by atoms with Gasteiger partial charge in [0.05, 0.1) is 0 Å². The Morgan fingerprint density at radius 1 is 1.57 bits per heavy atom. The molecular weight excluding hydrogens is 182 g/mol. The van der Waals surface area contributed by atoms with E-state index >= 15 is 0 Å². The molecule has 0 unspecified atom stereocenters. The third-order valence-electron chi connectivity index (χ3n) is 2.02. The van der Waals surface area contributed by atoms with Gasteiger partial charge < -0.3 is 9.64 Å². The summed E-state index contributed by atoms with van der Waals surface area (Å²) in [6, 6.07) is 0. The second-order valence-electron chi connectivity index (χ2n) is 4.66. The van der Waals surface area contributed by atoms with Crippen LogP contribution in [0.3, 0.4) is 0 Å². The summed E-state index contributed by atoms with van der Waals surface area (Å²) in [6.07, 6.45) is -0.231. The second kappa shape index (κ2) is 4.14. The number of carbonyl (C=O) groups is 1. The fraction of sp³-hybridized carbons (Fsp3) is 0.889. The summed E-state index contributed by atoms with van der Waals surface area (Å²) in [5.74, 6) is 5.64. The number of hydrogen-bond donors (Lipinski definition) is 2. The first kappa shape index (κ1) is 11.3. The van der Waals surface area contributed by atoms with Gasteiger partial charge in [-0.1, -0.05) is 0 Å². The lowest BCUT2D eigenvalue weighted by atomic mass is 10.0. The highest BCUT2D eigenvalue weighted by Crippen LogP contribution is 2.18. The lowest BCUT2D eigenvalue weighted by Crippen LogP contribution is -2.55. The Morgan fingerprint density at radius 2 is 2.14 bits per heavy atom. The quantitative estimate of drug-likeness (QED) is 0.498. The zero-order valence-electron chi connectivity index (χ0n) is 9.04. The minimum absolute atomic E-state index is 0.231. The van der Waals surface area contributed by atoms with Gasteiger partial charge in [0.15, 0.2) is 0 Å². The molecule has 0 aromatic rings. The van der Waals surface area contributed by atoms with E-state index in [1.165, 1.54) is 0 Å². The number of likely N-dealkylation sites (tertiary alicyclic amines) is 1. The summed E-state index contributed by atoms with van der Waals surface area (Å²) in [6.45, 7) is 7.81. The predicted octanol–water partition coefficient (Wildman–Crippen LogP) is 0.317. The SMILES string of the molecule is CC(C)(C)OC(=O)N1CC(CNN)C1. The maximum atomic E-state index is 11.4. The van der Waals surface area contributed by atoms with Crippen LogP contribution in [0.15, 0.2) is 0 Å². The molecule has 0 atom stereocenters. The summed E-state index contributed by atoms with van der Waals surface area (Å²) >= 11 is 0. The Bertz CT molecular complexity index is 207. The molecule has 1 aliphatic heterocycles. The van der Waals surface area contributed by atoms with E-state index in [1.54, 1.807) is 4.90 Å². The number of carbonyl (C=O) groups excluding carboxylic acids is 1. The molecule has 3 N–H and O–H groups in total. The van der Waals surface area contributed by atoms with Crippen LogP contribution in [0.5, 0.6) is 0 Å². The Morgan fingerprint density at radius 3 is 2.57 bits per heavy atom. The van der Waals surface area contributed by atoms with Crippen LogP contribution in [0.2, 0.25) is 0 Å². The lowest BCUT2D eigenvalue weighted by Gasteiger charge is -2.39. The van der Waals surface area contributed by atoms with Gasteiger partial charge in [-0.3, -0.25) is 11.3 Å². The fourth-order valence-corrected chi connectivity index (χ4v) is 1.34. The van der Waals surface area contributed by atoms with E-state index in [2.05, 4.69) is 5.43 Å². The van der Waals surface area contributed by atoms with Crippen LogP contribution < -0.4 is 11.3 Å². The summed E-state index contributed by atoms with van der Waals surface area (Å²) in [5.41, 5.74) is 2.19. The molecule has 1 rings (SSSR count). The van der Waals surface area contributed by atoms with Crippen molar-refractivity contribution in [2.45, 2.75) is 26.4 Å². The number of hydrogen-bond acceptors (Lipinski definition) is 4. The van der Waals surface area contributed by atoms with Crippen molar-refractivity contribution in [3.63, 3.8) is 0 Å². The molecule has 1 aliphatic rings. The first-order chi connectivity index (χ1) is 6.42. The molecule has 0 bridgehead atoms. The van der Waals surface area contributed by atoms with Gasteiger partial charge in [-0.05, 0) is 20.8 Å². The van der Waals surface area contributed by atoms with Crippen molar-refractivity contribution < 1.29 is 9.53 Å². The molecule has 0 spiro atoms. The van der Waals surface area contributed by atoms with Gasteiger partial charge in [-0.15, -0.1) is 0 Å². The van der Waals surface area contributed by atoms with Crippen LogP contribution in [0.25, 0.3) is 0 Å². The van der Waals surface area contributed by atoms with E-state index in [-0.39, 0.29) is 6.09 Å². The van der Waals surface area contributed by atoms with Crippen molar-refractivity contribution in [1.82, 2.24) is 10.3 Å². The van der Waals surface area contributed by atoms with Crippen LogP contribution in [-0.4, -0.2) is 36.2 Å². The van der Waals surface area contributed by atoms with Crippen molar-refractivity contribution in [3.05, 3.63) is 0 Å². The van der Waals surface area contributed by atoms with Crippen molar-refractivity contribution in [1.29, 1.82) is 0 Å². The van der Waals surface area contributed by atoms with Crippen LogP contribution in [0.4, 0.5) is 4.79 Å². The number of nitrogens with two attached hydrogens (primary N) is 1. The molecule has 14 heavy (non-hydrogen) atoms. The topological polar surface area (TPSA) is 67.6 Å². The normalized spacial score (nSPS) is 17.9. The van der Waals surface area contributed by atoms with Gasteiger partial charge in [-0.25, -0.2) is 4.79 Å². The Hall–Kier alpha value is -0.810. The highest BCUT2D eigenvalue weighted by atomic mass is 16.6. The molecule has 1 fully saturated rings. The van der Waals surface area contributed by atoms with Crippen LogP contribution in [0, 0.1) is 5.92 Å². The van der Waals surface area contributed by atoms with Gasteiger partial charge >= 0.3 is 6.09 Å². The molecule has 1 heterocycles. The fourth-order valence-electron chi connectivity index (χ4n) is 1.34. The molecule has 5 nitrogen and oxygen atoms in total. The predicted molar refractivity (Wildman–Crippen MR) is 53.5 cm³/mol. The molecule has 0 aromatic carbocycles. The van der Waals surface area contributed by atoms with Crippen molar-refractivity contribution in [2.75, 3.05) is 19.6 Å². The zero-order valence-corrected chi connectivity index (χ0v) is 9.04. The summed E-state index contributed by atoms with van der Waals surface area (Å²) < 4.78 is 5.20. The molecule has 0 aromatic heterocycles. The van der Waals surface area contributed by atoms with Crippen molar-refractivity contribution >= 4 is 6.09 Å². The molecule has 5 heteroatoms. The van der Waals surface area contributed by atoms with Gasteiger partial charge in [0.25, 0.3) is 0 Å². The van der Waals surface area contributed by atoms with Crippen molar-refractivity contribution in [2.24, 2.45) is 11.8 Å². The van der Waals surface area contributed by atoms with E-state index in [1.807, 2.05) is 20.8 Å². The summed E-state index contributed by atoms with van der Waals surface area (Å²) in [5, 5.41) is 0. The molecule has 0 saturated carbocycles. The first-order valence-electron chi connectivity index (χ1n) is 4.84. The highest BCUT2D eigenvalue weighted by molar-refractivity contribution is 5.69.